The molecular formula is C23H28N4O3. The summed E-state index contributed by atoms with van der Waals surface area (Å²) in [6.45, 7) is 6.16. The SMILES string of the molecule is COc1cc2c(cc1OCC1CC1)NC(=O)C21CCN(c2nc(C)cnc2C)CC1. The number of hydrogen-bond donors (Lipinski definition) is 1. The lowest BCUT2D eigenvalue weighted by atomic mass is 9.73. The molecule has 1 aromatic heterocycles. The van der Waals surface area contributed by atoms with Crippen LogP contribution >= 0.6 is 0 Å². The molecule has 1 aliphatic carbocycles. The van der Waals surface area contributed by atoms with E-state index >= 15 is 0 Å². The Kier molecular flexibility index (Phi) is 4.56. The first-order valence-electron chi connectivity index (χ1n) is 10.7. The van der Waals surface area contributed by atoms with Crippen LogP contribution < -0.4 is 19.7 Å². The molecule has 1 aromatic carbocycles. The van der Waals surface area contributed by atoms with Gasteiger partial charge in [-0.1, -0.05) is 0 Å². The number of anilines is 2. The number of fused-ring (bicyclic) bond motifs is 2. The second-order valence-electron chi connectivity index (χ2n) is 8.75. The molecule has 0 radical (unpaired) electrons. The van der Waals surface area contributed by atoms with E-state index in [-0.39, 0.29) is 5.91 Å². The van der Waals surface area contributed by atoms with Crippen molar-refractivity contribution in [3.63, 3.8) is 0 Å². The van der Waals surface area contributed by atoms with Crippen molar-refractivity contribution in [1.29, 1.82) is 0 Å². The summed E-state index contributed by atoms with van der Waals surface area (Å²) >= 11 is 0. The zero-order valence-corrected chi connectivity index (χ0v) is 17.8. The van der Waals surface area contributed by atoms with Crippen molar-refractivity contribution in [1.82, 2.24) is 9.97 Å². The van der Waals surface area contributed by atoms with Crippen LogP contribution in [0.2, 0.25) is 0 Å². The van der Waals surface area contributed by atoms with Crippen LogP contribution in [0, 0.1) is 19.8 Å². The van der Waals surface area contributed by atoms with Crippen LogP contribution in [0.4, 0.5) is 11.5 Å². The number of carbonyl (C=O) groups excluding carboxylic acids is 1. The second-order valence-corrected chi connectivity index (χ2v) is 8.75. The van der Waals surface area contributed by atoms with E-state index < -0.39 is 5.41 Å². The normalized spacial score (nSPS) is 19.6. The van der Waals surface area contributed by atoms with Crippen LogP contribution in [-0.4, -0.2) is 42.7 Å². The number of methoxy groups -OCH3 is 1. The first kappa shape index (κ1) is 19.2. The van der Waals surface area contributed by atoms with Crippen molar-refractivity contribution in [3.05, 3.63) is 35.3 Å². The summed E-state index contributed by atoms with van der Waals surface area (Å²) in [6.07, 6.45) is 5.71. The van der Waals surface area contributed by atoms with E-state index in [4.69, 9.17) is 9.47 Å². The second kappa shape index (κ2) is 7.15. The van der Waals surface area contributed by atoms with Gasteiger partial charge < -0.3 is 19.7 Å². The Balaban J connectivity index is 1.41. The number of aryl methyl sites for hydroxylation is 2. The van der Waals surface area contributed by atoms with E-state index in [1.807, 2.05) is 26.0 Å². The predicted molar refractivity (Wildman–Crippen MR) is 114 cm³/mol. The first-order valence-corrected chi connectivity index (χ1v) is 10.7. The van der Waals surface area contributed by atoms with Gasteiger partial charge in [-0.2, -0.15) is 0 Å². The van der Waals surface area contributed by atoms with E-state index in [2.05, 4.69) is 20.2 Å². The molecule has 158 valence electrons. The van der Waals surface area contributed by atoms with Crippen molar-refractivity contribution in [2.24, 2.45) is 5.92 Å². The quantitative estimate of drug-likeness (QED) is 0.817. The lowest BCUT2D eigenvalue weighted by molar-refractivity contribution is -0.121. The van der Waals surface area contributed by atoms with Crippen molar-refractivity contribution in [3.8, 4) is 11.5 Å². The molecule has 3 aliphatic rings. The zero-order chi connectivity index (χ0) is 20.9. The summed E-state index contributed by atoms with van der Waals surface area (Å²) in [6, 6.07) is 3.94. The summed E-state index contributed by atoms with van der Waals surface area (Å²) in [4.78, 5) is 24.5. The van der Waals surface area contributed by atoms with Gasteiger partial charge in [-0.3, -0.25) is 9.78 Å². The minimum Gasteiger partial charge on any atom is -0.493 e. The average Bonchev–Trinajstić information content (AvgIpc) is 3.54. The summed E-state index contributed by atoms with van der Waals surface area (Å²) in [5.74, 6) is 3.06. The number of nitrogens with zero attached hydrogens (tertiary/aromatic N) is 3. The smallest absolute Gasteiger partial charge is 0.235 e. The van der Waals surface area contributed by atoms with Crippen LogP contribution in [0.5, 0.6) is 11.5 Å². The molecular weight excluding hydrogens is 380 g/mol. The highest BCUT2D eigenvalue weighted by Crippen LogP contribution is 2.49. The maximum atomic E-state index is 13.1. The zero-order valence-electron chi connectivity index (χ0n) is 17.8. The van der Waals surface area contributed by atoms with Crippen molar-refractivity contribution in [2.75, 3.05) is 37.0 Å². The molecule has 30 heavy (non-hydrogen) atoms. The summed E-state index contributed by atoms with van der Waals surface area (Å²) < 4.78 is 11.6. The third kappa shape index (κ3) is 3.16. The Hall–Kier alpha value is -2.83. The van der Waals surface area contributed by atoms with Gasteiger partial charge in [0.25, 0.3) is 0 Å². The van der Waals surface area contributed by atoms with Gasteiger partial charge >= 0.3 is 0 Å². The average molecular weight is 409 g/mol. The maximum absolute atomic E-state index is 13.1. The van der Waals surface area contributed by atoms with Crippen molar-refractivity contribution in [2.45, 2.75) is 44.9 Å². The number of hydrogen-bond acceptors (Lipinski definition) is 6. The molecule has 0 atom stereocenters. The fraction of sp³-hybridized carbons (Fsp3) is 0.522. The Bertz CT molecular complexity index is 994. The summed E-state index contributed by atoms with van der Waals surface area (Å²) in [5.41, 5.74) is 3.18. The Labute approximate surface area is 176 Å². The van der Waals surface area contributed by atoms with E-state index in [0.29, 0.717) is 24.0 Å². The molecule has 7 heteroatoms. The van der Waals surface area contributed by atoms with Crippen LogP contribution in [0.15, 0.2) is 18.3 Å². The third-order valence-corrected chi connectivity index (χ3v) is 6.64. The van der Waals surface area contributed by atoms with E-state index in [1.54, 1.807) is 13.3 Å². The van der Waals surface area contributed by atoms with E-state index in [0.717, 1.165) is 54.4 Å². The van der Waals surface area contributed by atoms with E-state index in [9.17, 15) is 4.79 Å². The monoisotopic (exact) mass is 408 g/mol. The van der Waals surface area contributed by atoms with Gasteiger partial charge in [0.2, 0.25) is 5.91 Å². The Morgan fingerprint density at radius 3 is 2.67 bits per heavy atom. The molecule has 5 rings (SSSR count). The Morgan fingerprint density at radius 2 is 1.97 bits per heavy atom. The molecule has 2 fully saturated rings. The van der Waals surface area contributed by atoms with Gasteiger partial charge in [0, 0.05) is 31.0 Å². The van der Waals surface area contributed by atoms with Crippen LogP contribution in [-0.2, 0) is 10.2 Å². The number of nitrogens with one attached hydrogen (secondary N) is 1. The van der Waals surface area contributed by atoms with Gasteiger partial charge in [0.05, 0.1) is 30.5 Å². The van der Waals surface area contributed by atoms with Crippen LogP contribution in [0.25, 0.3) is 0 Å². The molecule has 3 heterocycles. The fourth-order valence-corrected chi connectivity index (χ4v) is 4.61. The first-order chi connectivity index (χ1) is 14.5. The number of carbonyl (C=O) groups is 1. The summed E-state index contributed by atoms with van der Waals surface area (Å²) in [5, 5.41) is 3.11. The fourth-order valence-electron chi connectivity index (χ4n) is 4.61. The summed E-state index contributed by atoms with van der Waals surface area (Å²) in [7, 11) is 1.66. The van der Waals surface area contributed by atoms with Crippen molar-refractivity contribution >= 4 is 17.4 Å². The lowest BCUT2D eigenvalue weighted by Crippen LogP contribution is -2.47. The van der Waals surface area contributed by atoms with Crippen molar-refractivity contribution < 1.29 is 14.3 Å². The molecule has 1 amide bonds. The van der Waals surface area contributed by atoms with Crippen LogP contribution in [0.1, 0.15) is 42.6 Å². The van der Waals surface area contributed by atoms with Gasteiger partial charge in [0.1, 0.15) is 5.82 Å². The molecule has 1 spiro atoms. The standard InChI is InChI=1S/C23H28N4O3/c1-14-12-24-15(2)21(25-14)27-8-6-23(7-9-27)17-10-19(29-3)20(30-13-16-4-5-16)11-18(17)26-22(23)28/h10-12,16H,4-9,13H2,1-3H3,(H,26,28). The van der Waals surface area contributed by atoms with Crippen LogP contribution in [0.3, 0.4) is 0 Å². The molecule has 7 nitrogen and oxygen atoms in total. The largest absolute Gasteiger partial charge is 0.493 e. The van der Waals surface area contributed by atoms with Gasteiger partial charge in [-0.25, -0.2) is 4.98 Å². The highest BCUT2D eigenvalue weighted by Gasteiger charge is 2.49. The van der Waals surface area contributed by atoms with Gasteiger partial charge in [0.15, 0.2) is 11.5 Å². The highest BCUT2D eigenvalue weighted by molar-refractivity contribution is 6.07. The molecule has 2 aromatic rings. The van der Waals surface area contributed by atoms with Gasteiger partial charge in [-0.15, -0.1) is 0 Å². The molecule has 1 saturated carbocycles. The number of piperidine rings is 1. The lowest BCUT2D eigenvalue weighted by Gasteiger charge is -2.39. The number of amides is 1. The van der Waals surface area contributed by atoms with Gasteiger partial charge in [-0.05, 0) is 57.1 Å². The topological polar surface area (TPSA) is 76.6 Å². The van der Waals surface area contributed by atoms with E-state index in [1.165, 1.54) is 12.8 Å². The number of ether oxygens (including phenoxy) is 2. The minimum atomic E-state index is -0.528. The Morgan fingerprint density at radius 1 is 1.20 bits per heavy atom. The minimum absolute atomic E-state index is 0.0746. The third-order valence-electron chi connectivity index (χ3n) is 6.64. The molecule has 0 unspecified atom stereocenters. The number of benzene rings is 1. The molecule has 1 saturated heterocycles. The molecule has 1 N–H and O–H groups in total. The molecule has 0 bridgehead atoms. The maximum Gasteiger partial charge on any atom is 0.235 e. The molecule has 2 aliphatic heterocycles. The number of aromatic nitrogens is 2. The highest BCUT2D eigenvalue weighted by atomic mass is 16.5. The number of rotatable bonds is 5. The predicted octanol–water partition coefficient (Wildman–Crippen LogP) is 3.38.